The van der Waals surface area contributed by atoms with E-state index in [0.717, 1.165) is 32.3 Å². The van der Waals surface area contributed by atoms with Crippen LogP contribution < -0.4 is 41.2 Å². The third-order valence-corrected chi connectivity index (χ3v) is 15.6. The lowest BCUT2D eigenvalue weighted by Gasteiger charge is -2.34. The van der Waals surface area contributed by atoms with Gasteiger partial charge in [-0.25, -0.2) is 0 Å². The fraction of sp³-hybridized carbons (Fsp3) is 0.482. The number of aromatic hydroxyl groups is 1. The zero-order chi connectivity index (χ0) is 65.3. The highest BCUT2D eigenvalue weighted by molar-refractivity contribution is 7.81. The molecule has 1 unspecified atom stereocenters. The molecule has 33 heteroatoms. The van der Waals surface area contributed by atoms with E-state index in [0.29, 0.717) is 56.9 Å². The van der Waals surface area contributed by atoms with Crippen molar-refractivity contribution in [1.29, 1.82) is 0 Å². The van der Waals surface area contributed by atoms with E-state index in [-0.39, 0.29) is 5.56 Å². The summed E-state index contributed by atoms with van der Waals surface area (Å²) in [6.07, 6.45) is -17.3. The molecule has 0 radical (unpaired) electrons. The summed E-state index contributed by atoms with van der Waals surface area (Å²) in [6, 6.07) is 3.52. The number of benzene rings is 3. The number of primary amides is 1. The highest BCUT2D eigenvalue weighted by Crippen LogP contribution is 2.34. The van der Waals surface area contributed by atoms with Gasteiger partial charge in [0, 0.05) is 54.6 Å². The number of phenolic OH excluding ortho intramolecular Hbond substituents is 1. The summed E-state index contributed by atoms with van der Waals surface area (Å²) in [4.78, 5) is 115. The van der Waals surface area contributed by atoms with Crippen molar-refractivity contribution in [3.05, 3.63) is 83.9 Å². The van der Waals surface area contributed by atoms with E-state index in [2.05, 4.69) is 32.2 Å². The average molecular weight is 1270 g/mol. The minimum Gasteiger partial charge on any atom is -0.504 e. The number of amides is 8. The number of ether oxygens (including phenoxy) is 1. The highest BCUT2D eigenvalue weighted by atomic mass is 32.3. The van der Waals surface area contributed by atoms with E-state index in [4.69, 9.17) is 15.0 Å². The zero-order valence-electron chi connectivity index (χ0n) is 48.1. The molecule has 1 aromatic heterocycles. The van der Waals surface area contributed by atoms with E-state index in [1.807, 2.05) is 10.6 Å². The number of fused-ring (bicyclic) bond motifs is 2. The summed E-state index contributed by atoms with van der Waals surface area (Å²) in [5.74, 6) is -12.9. The van der Waals surface area contributed by atoms with E-state index in [1.165, 1.54) is 31.2 Å². The first kappa shape index (κ1) is 68.1. The zero-order valence-corrected chi connectivity index (χ0v) is 48.9. The summed E-state index contributed by atoms with van der Waals surface area (Å²) in [5.41, 5.74) is 6.17. The Kier molecular flexibility index (Phi) is 22.4. The van der Waals surface area contributed by atoms with E-state index in [9.17, 15) is 97.3 Å². The first-order valence-electron chi connectivity index (χ1n) is 28.1. The molecule has 4 aromatic rings. The van der Waals surface area contributed by atoms with Gasteiger partial charge in [0.2, 0.25) is 41.4 Å². The van der Waals surface area contributed by atoms with Gasteiger partial charge in [-0.2, -0.15) is 8.42 Å². The minimum atomic E-state index is -5.35. The van der Waals surface area contributed by atoms with Crippen molar-refractivity contribution < 1.29 is 111 Å². The first-order valence-corrected chi connectivity index (χ1v) is 29.5. The lowest BCUT2D eigenvalue weighted by molar-refractivity contribution is -0.149. The van der Waals surface area contributed by atoms with Crippen LogP contribution in [0.2, 0.25) is 0 Å². The Balaban J connectivity index is 1.22. The van der Waals surface area contributed by atoms with Gasteiger partial charge in [0.25, 0.3) is 5.91 Å². The van der Waals surface area contributed by atoms with Gasteiger partial charge < -0.3 is 102 Å². The molecule has 0 saturated carbocycles. The molecule has 89 heavy (non-hydrogen) atoms. The monoisotopic (exact) mass is 1270 g/mol. The predicted molar refractivity (Wildman–Crippen MR) is 304 cm³/mol. The second kappa shape index (κ2) is 29.3. The number of unbranched alkanes of at least 4 members (excludes halogenated alkanes) is 2. The molecule has 15 atom stereocenters. The second-order valence-corrected chi connectivity index (χ2v) is 22.9. The maximum atomic E-state index is 14.7. The van der Waals surface area contributed by atoms with Crippen LogP contribution in [0.4, 0.5) is 0 Å². The molecule has 3 saturated heterocycles. The van der Waals surface area contributed by atoms with Crippen LogP contribution in [-0.4, -0.2) is 220 Å². The molecule has 0 aliphatic carbocycles. The van der Waals surface area contributed by atoms with Gasteiger partial charge in [0.05, 0.1) is 37.4 Å². The Labute approximate surface area is 507 Å². The number of aliphatic hydroxyl groups is 8. The molecule has 7 rings (SSSR count). The van der Waals surface area contributed by atoms with Crippen molar-refractivity contribution in [2.75, 3.05) is 19.7 Å². The van der Waals surface area contributed by atoms with Crippen LogP contribution in [-0.2, 0) is 44.0 Å². The number of phenols is 1. The maximum Gasteiger partial charge on any atom is 0.446 e. The predicted octanol–water partition coefficient (Wildman–Crippen LogP) is -3.90. The maximum absolute atomic E-state index is 14.7. The number of rotatable bonds is 18. The van der Waals surface area contributed by atoms with Crippen LogP contribution in [0.3, 0.4) is 0 Å². The molecule has 17 N–H and O–H groups in total. The number of nitrogens with zero attached hydrogens (tertiary/aromatic N) is 3. The van der Waals surface area contributed by atoms with Crippen molar-refractivity contribution in [3.63, 3.8) is 0 Å². The Morgan fingerprint density at radius 3 is 2.07 bits per heavy atom. The second-order valence-electron chi connectivity index (χ2n) is 21.9. The molecular formula is C56H71N9O23S. The number of aromatic nitrogens is 1. The number of carbonyl (C=O) groups excluding carboxylic acids is 8. The smallest absolute Gasteiger partial charge is 0.446 e. The number of hydrogen-bond donors (Lipinski definition) is 16. The summed E-state index contributed by atoms with van der Waals surface area (Å²) in [7, 11) is -5.35. The number of aliphatic hydroxyl groups excluding tert-OH is 8. The molecule has 484 valence electrons. The third-order valence-electron chi connectivity index (χ3n) is 15.2. The summed E-state index contributed by atoms with van der Waals surface area (Å²) in [6.45, 7) is 3.74. The van der Waals surface area contributed by atoms with Crippen molar-refractivity contribution in [2.45, 2.75) is 145 Å². The lowest BCUT2D eigenvalue weighted by Crippen LogP contribution is -2.64. The topological polar surface area (TPSA) is 510 Å². The van der Waals surface area contributed by atoms with Crippen LogP contribution in [0, 0.1) is 5.92 Å². The number of carbonyl (C=O) groups is 8. The van der Waals surface area contributed by atoms with Gasteiger partial charge in [0.15, 0.2) is 23.5 Å². The van der Waals surface area contributed by atoms with E-state index >= 15 is 0 Å². The highest BCUT2D eigenvalue weighted by Gasteiger charge is 2.51. The normalized spacial score (nSPS) is 26.4. The van der Waals surface area contributed by atoms with Gasteiger partial charge >= 0.3 is 10.4 Å². The quantitative estimate of drug-likeness (QED) is 0.0334. The molecular weight excluding hydrogens is 1200 g/mol. The van der Waals surface area contributed by atoms with Gasteiger partial charge in [0.1, 0.15) is 66.0 Å². The molecule has 3 aliphatic heterocycles. The fourth-order valence-electron chi connectivity index (χ4n) is 10.3. The van der Waals surface area contributed by atoms with Gasteiger partial charge in [-0.05, 0) is 67.4 Å². The average Bonchev–Trinajstić information content (AvgIpc) is 2.76. The Morgan fingerprint density at radius 2 is 1.43 bits per heavy atom. The Bertz CT molecular complexity index is 3340. The molecule has 3 aliphatic rings. The number of hydrogen-bond acceptors (Lipinski definition) is 23. The number of nitrogens with two attached hydrogens (primary N) is 1. The Morgan fingerprint density at radius 1 is 0.787 bits per heavy atom. The van der Waals surface area contributed by atoms with E-state index < -0.39 is 198 Å². The Hall–Kier alpha value is -8.38. The molecule has 3 fully saturated rings. The van der Waals surface area contributed by atoms with Crippen LogP contribution in [0.5, 0.6) is 17.2 Å². The van der Waals surface area contributed by atoms with E-state index in [1.54, 1.807) is 30.3 Å². The largest absolute Gasteiger partial charge is 0.504 e. The van der Waals surface area contributed by atoms with Gasteiger partial charge in [-0.15, -0.1) is 0 Å². The molecule has 32 nitrogen and oxygen atoms in total. The summed E-state index contributed by atoms with van der Waals surface area (Å²) >= 11 is 0. The molecule has 0 bridgehead atoms. The van der Waals surface area contributed by atoms with Crippen LogP contribution >= 0.6 is 0 Å². The van der Waals surface area contributed by atoms with Crippen LogP contribution in [0.15, 0.2) is 77.3 Å². The fourth-order valence-corrected chi connectivity index (χ4v) is 10.7. The number of nitrogens with one attached hydrogen (secondary N) is 5. The molecule has 3 aromatic carbocycles. The van der Waals surface area contributed by atoms with Crippen molar-refractivity contribution in [2.24, 2.45) is 11.7 Å². The van der Waals surface area contributed by atoms with Crippen LogP contribution in [0.25, 0.3) is 22.6 Å². The van der Waals surface area contributed by atoms with Crippen LogP contribution in [0.1, 0.15) is 81.3 Å². The summed E-state index contributed by atoms with van der Waals surface area (Å²) in [5, 5.41) is 116. The molecule has 0 spiro atoms. The SMILES string of the molecule is CCCCCOc1ccc(-c2cc(-c3ccc(C(=O)NC4C[C@H](O)[C@@H](O)NC(=O)[C@H]5[C@H](O)[C@H](C)CN5C(=O)[C@@H]([C@@H](O)CC(N)=O)NC(=O)[C@@H]([C@@H](O)[C@@H](O)c5ccc(O)c(OS(=O)(=O)O)c5)NC(=O)[C@H]5C[C@H](O)CN5C(=O)[C@@H]([C@@H](C)O)NC4=O)cc3)no2)cc1. The van der Waals surface area contributed by atoms with Crippen molar-refractivity contribution in [3.8, 4) is 39.8 Å². The van der Waals surface area contributed by atoms with Crippen molar-refractivity contribution in [1.82, 2.24) is 41.5 Å². The first-order chi connectivity index (χ1) is 42.0. The standard InChI is InChI=1S/C56H71N9O23S/c1-4-5-6-17-86-32-14-11-28(12-15-32)39-21-33(63-87-39)27-7-9-29(10-8-27)49(75)58-34-20-38(70)52(78)62-54(80)45-46(72)25(2)23-65(45)56(82)43(37(69)22-41(57)71)60-53(79)44(48(74)47(73)30-13-16-36(68)40(18-30)88-89(83,84)85)61-51(77)35-19-31(67)24-64(35)55(81)42(26(3)66)59-50(34)76/h7-16,18,21,25-26,31,34-35,37-38,42-48,52,66-70,72-74,78H,4-6,17,19-20,22-24H2,1-3H3,(H2,57,71)(H,58,75)(H,59,76)(H,60,79)(H,61,77)(H,62,80)(H,83,84,85)/t25-,26-,31+,34?,35-,37+,38+,42-,43-,44-,45-,46-,47+,48-,52-/m1/s1. The molecule has 4 heterocycles. The minimum absolute atomic E-state index is 0.107. The van der Waals surface area contributed by atoms with Gasteiger partial charge in [-0.3, -0.25) is 42.9 Å². The lowest BCUT2D eigenvalue weighted by atomic mass is 9.96. The van der Waals surface area contributed by atoms with Crippen molar-refractivity contribution >= 4 is 57.7 Å². The molecule has 8 amide bonds. The third kappa shape index (κ3) is 16.9. The van der Waals surface area contributed by atoms with Gasteiger partial charge in [-0.1, -0.05) is 50.0 Å². The summed E-state index contributed by atoms with van der Waals surface area (Å²) < 4.78 is 48.1.